The van der Waals surface area contributed by atoms with Crippen LogP contribution in [0.1, 0.15) is 16.1 Å². The van der Waals surface area contributed by atoms with Crippen molar-refractivity contribution in [3.8, 4) is 22.9 Å². The van der Waals surface area contributed by atoms with Crippen molar-refractivity contribution in [1.82, 2.24) is 9.78 Å². The van der Waals surface area contributed by atoms with Gasteiger partial charge in [-0.1, -0.05) is 0 Å². The number of nitrogens with zero attached hydrogens (tertiary/aromatic N) is 2. The molecule has 1 aromatic heterocycles. The molecule has 7 nitrogen and oxygen atoms in total. The highest BCUT2D eigenvalue weighted by molar-refractivity contribution is 6.05. The van der Waals surface area contributed by atoms with E-state index in [1.165, 1.54) is 51.8 Å². The summed E-state index contributed by atoms with van der Waals surface area (Å²) in [5, 5.41) is 6.22. The Labute approximate surface area is 170 Å². The van der Waals surface area contributed by atoms with Crippen LogP contribution in [0.5, 0.6) is 17.2 Å². The molecule has 1 heterocycles. The van der Waals surface area contributed by atoms with Gasteiger partial charge >= 0.3 is 6.18 Å². The van der Waals surface area contributed by atoms with Gasteiger partial charge in [0.2, 0.25) is 5.75 Å². The first-order valence-corrected chi connectivity index (χ1v) is 8.62. The Kier molecular flexibility index (Phi) is 5.86. The van der Waals surface area contributed by atoms with Gasteiger partial charge in [-0.25, -0.2) is 4.68 Å². The summed E-state index contributed by atoms with van der Waals surface area (Å²) in [6.07, 6.45) is -3.32. The number of ether oxygens (including phenoxy) is 3. The Hall–Kier alpha value is -3.69. The van der Waals surface area contributed by atoms with Crippen molar-refractivity contribution in [2.24, 2.45) is 0 Å². The number of anilines is 1. The van der Waals surface area contributed by atoms with Crippen LogP contribution in [-0.2, 0) is 6.18 Å². The van der Waals surface area contributed by atoms with Gasteiger partial charge in [0, 0.05) is 11.8 Å². The first-order valence-electron chi connectivity index (χ1n) is 8.62. The van der Waals surface area contributed by atoms with E-state index in [1.807, 2.05) is 0 Å². The number of methoxy groups -OCH3 is 3. The Morgan fingerprint density at radius 2 is 1.60 bits per heavy atom. The van der Waals surface area contributed by atoms with E-state index in [0.717, 1.165) is 10.7 Å². The highest BCUT2D eigenvalue weighted by Crippen LogP contribution is 2.42. The molecule has 0 fully saturated rings. The Morgan fingerprint density at radius 1 is 0.933 bits per heavy atom. The van der Waals surface area contributed by atoms with Crippen molar-refractivity contribution >= 4 is 11.6 Å². The van der Waals surface area contributed by atoms with Crippen molar-refractivity contribution in [3.05, 3.63) is 59.9 Å². The molecule has 1 N–H and O–H groups in total. The number of aromatic nitrogens is 2. The third-order valence-electron chi connectivity index (χ3n) is 4.23. The lowest BCUT2D eigenvalue weighted by molar-refractivity contribution is -0.141. The molecule has 0 atom stereocenters. The van der Waals surface area contributed by atoms with Crippen LogP contribution < -0.4 is 19.5 Å². The average Bonchev–Trinajstić information content (AvgIpc) is 3.24. The number of amides is 1. The first kappa shape index (κ1) is 21.0. The summed E-state index contributed by atoms with van der Waals surface area (Å²) < 4.78 is 55.0. The van der Waals surface area contributed by atoms with Gasteiger partial charge in [0.05, 0.1) is 32.7 Å². The number of benzene rings is 2. The first-order chi connectivity index (χ1) is 14.3. The van der Waals surface area contributed by atoms with E-state index in [-0.39, 0.29) is 5.75 Å². The molecule has 0 radical (unpaired) electrons. The number of hydrogen-bond donors (Lipinski definition) is 1. The van der Waals surface area contributed by atoms with Crippen molar-refractivity contribution < 1.29 is 32.2 Å². The summed E-state index contributed by atoms with van der Waals surface area (Å²) in [7, 11) is 4.36. The van der Waals surface area contributed by atoms with E-state index in [4.69, 9.17) is 14.2 Å². The van der Waals surface area contributed by atoms with E-state index in [2.05, 4.69) is 10.4 Å². The molecule has 3 rings (SSSR count). The second kappa shape index (κ2) is 8.36. The fourth-order valence-electron chi connectivity index (χ4n) is 2.78. The minimum absolute atomic E-state index is 0.290. The third-order valence-corrected chi connectivity index (χ3v) is 4.23. The molecule has 10 heteroatoms. The van der Waals surface area contributed by atoms with Gasteiger partial charge in [0.25, 0.3) is 5.91 Å². The van der Waals surface area contributed by atoms with Gasteiger partial charge in [0.1, 0.15) is 0 Å². The summed E-state index contributed by atoms with van der Waals surface area (Å²) in [6.45, 7) is 0. The van der Waals surface area contributed by atoms with E-state index >= 15 is 0 Å². The molecule has 0 saturated carbocycles. The lowest BCUT2D eigenvalue weighted by Gasteiger charge is -2.16. The van der Waals surface area contributed by atoms with Crippen molar-refractivity contribution in [1.29, 1.82) is 0 Å². The molecule has 3 aromatic rings. The Bertz CT molecular complexity index is 1050. The molecule has 0 bridgehead atoms. The van der Waals surface area contributed by atoms with Gasteiger partial charge < -0.3 is 19.5 Å². The van der Waals surface area contributed by atoms with Gasteiger partial charge in [0.15, 0.2) is 17.2 Å². The molecular formula is C20H18F3N3O4. The largest absolute Gasteiger partial charge is 0.493 e. The second-order valence-corrected chi connectivity index (χ2v) is 6.03. The molecule has 0 unspecified atom stereocenters. The zero-order valence-electron chi connectivity index (χ0n) is 16.3. The summed E-state index contributed by atoms with van der Waals surface area (Å²) in [6, 6.07) is 10.1. The monoisotopic (exact) mass is 421 g/mol. The van der Waals surface area contributed by atoms with Crippen LogP contribution in [0.2, 0.25) is 0 Å². The molecular weight excluding hydrogens is 403 g/mol. The molecule has 158 valence electrons. The molecule has 0 aliphatic carbocycles. The molecule has 2 aromatic carbocycles. The molecule has 0 aliphatic rings. The lowest BCUT2D eigenvalue weighted by atomic mass is 10.1. The van der Waals surface area contributed by atoms with Crippen LogP contribution in [0.4, 0.5) is 18.9 Å². The van der Waals surface area contributed by atoms with E-state index in [0.29, 0.717) is 28.4 Å². The van der Waals surface area contributed by atoms with Crippen molar-refractivity contribution in [2.75, 3.05) is 26.6 Å². The van der Waals surface area contributed by atoms with Gasteiger partial charge in [-0.05, 0) is 42.5 Å². The number of nitrogens with one attached hydrogen (secondary N) is 1. The van der Waals surface area contributed by atoms with Crippen LogP contribution in [0.25, 0.3) is 5.69 Å². The molecule has 0 spiro atoms. The van der Waals surface area contributed by atoms with Gasteiger partial charge in [-0.2, -0.15) is 18.3 Å². The minimum atomic E-state index is -4.52. The highest BCUT2D eigenvalue weighted by atomic mass is 19.4. The predicted molar refractivity (Wildman–Crippen MR) is 103 cm³/mol. The topological polar surface area (TPSA) is 74.6 Å². The molecule has 30 heavy (non-hydrogen) atoms. The van der Waals surface area contributed by atoms with Crippen LogP contribution in [0.3, 0.4) is 0 Å². The SMILES string of the molecule is COc1ccc(NC(=O)c2ccc(-n3ccc(C(F)(F)F)n3)cc2)c(OC)c1OC. The van der Waals surface area contributed by atoms with Crippen LogP contribution >= 0.6 is 0 Å². The summed E-state index contributed by atoms with van der Waals surface area (Å²) in [4.78, 5) is 12.6. The van der Waals surface area contributed by atoms with E-state index in [1.54, 1.807) is 12.1 Å². The van der Waals surface area contributed by atoms with Crippen LogP contribution in [-0.4, -0.2) is 37.0 Å². The maximum absolute atomic E-state index is 12.7. The standard InChI is InChI=1S/C20H18F3N3O4/c1-28-15-9-8-14(17(29-2)18(15)30-3)24-19(27)12-4-6-13(7-5-12)26-11-10-16(25-26)20(21,22)23/h4-11H,1-3H3,(H,24,27). The normalized spacial score (nSPS) is 11.1. The molecule has 1 amide bonds. The zero-order chi connectivity index (χ0) is 21.9. The van der Waals surface area contributed by atoms with Gasteiger partial charge in [-0.15, -0.1) is 0 Å². The number of carbonyl (C=O) groups is 1. The summed E-state index contributed by atoms with van der Waals surface area (Å²) in [5.41, 5.74) is 0.0422. The number of halogens is 3. The van der Waals surface area contributed by atoms with Crippen molar-refractivity contribution in [2.45, 2.75) is 6.18 Å². The van der Waals surface area contributed by atoms with Crippen LogP contribution in [0.15, 0.2) is 48.7 Å². The highest BCUT2D eigenvalue weighted by Gasteiger charge is 2.33. The quantitative estimate of drug-likeness (QED) is 0.647. The van der Waals surface area contributed by atoms with E-state index < -0.39 is 17.8 Å². The summed E-state index contributed by atoms with van der Waals surface area (Å²) in [5.74, 6) is 0.614. The average molecular weight is 421 g/mol. The summed E-state index contributed by atoms with van der Waals surface area (Å²) >= 11 is 0. The Morgan fingerprint density at radius 3 is 2.13 bits per heavy atom. The number of carbonyl (C=O) groups excluding carboxylic acids is 1. The van der Waals surface area contributed by atoms with Gasteiger partial charge in [-0.3, -0.25) is 4.79 Å². The van der Waals surface area contributed by atoms with E-state index in [9.17, 15) is 18.0 Å². The maximum Gasteiger partial charge on any atom is 0.435 e. The second-order valence-electron chi connectivity index (χ2n) is 6.03. The van der Waals surface area contributed by atoms with Crippen LogP contribution in [0, 0.1) is 0 Å². The van der Waals surface area contributed by atoms with Crippen molar-refractivity contribution in [3.63, 3.8) is 0 Å². The Balaban J connectivity index is 1.81. The smallest absolute Gasteiger partial charge is 0.435 e. The minimum Gasteiger partial charge on any atom is -0.493 e. The lowest BCUT2D eigenvalue weighted by Crippen LogP contribution is -2.13. The number of alkyl halides is 3. The molecule has 0 aliphatic heterocycles. The fraction of sp³-hybridized carbons (Fsp3) is 0.200. The fourth-order valence-corrected chi connectivity index (χ4v) is 2.78. The number of hydrogen-bond acceptors (Lipinski definition) is 5. The molecule has 0 saturated heterocycles. The third kappa shape index (κ3) is 4.17. The number of rotatable bonds is 6. The maximum atomic E-state index is 12.7. The predicted octanol–water partition coefficient (Wildman–Crippen LogP) is 4.17. The zero-order valence-corrected chi connectivity index (χ0v) is 16.3.